The second kappa shape index (κ2) is 14.2. The molecule has 1 aliphatic heterocycles. The van der Waals surface area contributed by atoms with E-state index in [1.165, 1.54) is 53.3 Å². The van der Waals surface area contributed by atoms with Crippen molar-refractivity contribution in [1.29, 1.82) is 0 Å². The van der Waals surface area contributed by atoms with Gasteiger partial charge in [-0.15, -0.1) is 11.3 Å². The van der Waals surface area contributed by atoms with Gasteiger partial charge in [0.2, 0.25) is 0 Å². The molecular weight excluding hydrogens is 775 g/mol. The van der Waals surface area contributed by atoms with Crippen molar-refractivity contribution in [1.82, 2.24) is 19.5 Å². The predicted molar refractivity (Wildman–Crippen MR) is 258 cm³/mol. The zero-order chi connectivity index (χ0) is 41.4. The molecule has 0 unspecified atom stereocenters. The molecule has 6 heteroatoms. The first-order chi connectivity index (χ1) is 30.5. The first-order valence-electron chi connectivity index (χ1n) is 21.0. The fourth-order valence-corrected chi connectivity index (χ4v) is 10.4. The van der Waals surface area contributed by atoms with Crippen LogP contribution >= 0.6 is 11.3 Å². The summed E-state index contributed by atoms with van der Waals surface area (Å²) in [6.07, 6.45) is 2.16. The van der Waals surface area contributed by atoms with E-state index in [-0.39, 0.29) is 5.41 Å². The molecule has 0 N–H and O–H groups in total. The summed E-state index contributed by atoms with van der Waals surface area (Å²) in [5.74, 6) is 1.92. The third kappa shape index (κ3) is 5.94. The average Bonchev–Trinajstić information content (AvgIpc) is 3.94. The van der Waals surface area contributed by atoms with Crippen LogP contribution in [0.1, 0.15) is 25.0 Å². The van der Waals surface area contributed by atoms with Gasteiger partial charge in [-0.2, -0.15) is 0 Å². The quantitative estimate of drug-likeness (QED) is 0.168. The molecule has 62 heavy (non-hydrogen) atoms. The van der Waals surface area contributed by atoms with Gasteiger partial charge in [0, 0.05) is 59.8 Å². The van der Waals surface area contributed by atoms with Crippen LogP contribution in [0.5, 0.6) is 0 Å². The summed E-state index contributed by atoms with van der Waals surface area (Å²) in [5.41, 5.74) is 13.2. The molecule has 0 fully saturated rings. The molecule has 0 aliphatic carbocycles. The normalized spacial score (nSPS) is 13.1. The molecule has 0 spiro atoms. The Bertz CT molecular complexity index is 3530. The number of hydrogen-bond donors (Lipinski definition) is 0. The highest BCUT2D eigenvalue weighted by atomic mass is 32.1. The minimum absolute atomic E-state index is 0.257. The van der Waals surface area contributed by atoms with Gasteiger partial charge in [-0.25, -0.2) is 15.0 Å². The zero-order valence-corrected chi connectivity index (χ0v) is 35.0. The highest BCUT2D eigenvalue weighted by Crippen LogP contribution is 2.53. The summed E-state index contributed by atoms with van der Waals surface area (Å²) in [4.78, 5) is 17.9. The highest BCUT2D eigenvalue weighted by Gasteiger charge is 2.37. The Kier molecular flexibility index (Phi) is 8.31. The van der Waals surface area contributed by atoms with Crippen LogP contribution < -0.4 is 4.90 Å². The van der Waals surface area contributed by atoms with Crippen molar-refractivity contribution < 1.29 is 0 Å². The highest BCUT2D eigenvalue weighted by molar-refractivity contribution is 7.25. The number of benzene rings is 8. The average molecular weight is 814 g/mol. The number of nitrogens with zero attached hydrogens (tertiary/aromatic N) is 5. The van der Waals surface area contributed by atoms with E-state index in [0.29, 0.717) is 17.5 Å². The molecule has 294 valence electrons. The smallest absolute Gasteiger partial charge is 0.164 e. The first-order valence-corrected chi connectivity index (χ1v) is 21.8. The van der Waals surface area contributed by atoms with Crippen LogP contribution in [0.15, 0.2) is 200 Å². The Morgan fingerprint density at radius 1 is 0.419 bits per heavy atom. The third-order valence-corrected chi connectivity index (χ3v) is 13.6. The lowest BCUT2D eigenvalue weighted by atomic mass is 9.73. The minimum Gasteiger partial charge on any atom is -0.317 e. The van der Waals surface area contributed by atoms with E-state index in [9.17, 15) is 0 Å². The Labute approximate surface area is 363 Å². The number of fused-ring (bicyclic) bond motifs is 6. The maximum Gasteiger partial charge on any atom is 0.164 e. The Balaban J connectivity index is 0.979. The van der Waals surface area contributed by atoms with Crippen molar-refractivity contribution in [3.8, 4) is 51.0 Å². The van der Waals surface area contributed by atoms with Crippen LogP contribution in [-0.4, -0.2) is 19.5 Å². The van der Waals surface area contributed by atoms with E-state index >= 15 is 0 Å². The van der Waals surface area contributed by atoms with Gasteiger partial charge >= 0.3 is 0 Å². The fraction of sp³-hybridized carbons (Fsp3) is 0.0536. The molecule has 0 amide bonds. The monoisotopic (exact) mass is 813 g/mol. The van der Waals surface area contributed by atoms with Crippen molar-refractivity contribution in [2.24, 2.45) is 0 Å². The zero-order valence-electron chi connectivity index (χ0n) is 34.2. The summed E-state index contributed by atoms with van der Waals surface area (Å²) >= 11 is 1.81. The van der Waals surface area contributed by atoms with Crippen LogP contribution in [0.4, 0.5) is 17.1 Å². The van der Waals surface area contributed by atoms with E-state index in [1.54, 1.807) is 0 Å². The topological polar surface area (TPSA) is 46.8 Å². The second-order valence-corrected chi connectivity index (χ2v) is 17.6. The summed E-state index contributed by atoms with van der Waals surface area (Å²) < 4.78 is 4.79. The van der Waals surface area contributed by atoms with Crippen LogP contribution in [0.25, 0.3) is 82.1 Å². The van der Waals surface area contributed by atoms with Gasteiger partial charge < -0.3 is 9.47 Å². The van der Waals surface area contributed by atoms with Gasteiger partial charge in [0.25, 0.3) is 0 Å². The van der Waals surface area contributed by atoms with Crippen LogP contribution in [0, 0.1) is 0 Å². The van der Waals surface area contributed by atoms with E-state index in [0.717, 1.165) is 39.4 Å². The fourth-order valence-electron chi connectivity index (χ4n) is 9.30. The van der Waals surface area contributed by atoms with Gasteiger partial charge in [-0.1, -0.05) is 129 Å². The molecule has 0 saturated heterocycles. The van der Waals surface area contributed by atoms with E-state index in [4.69, 9.17) is 15.0 Å². The van der Waals surface area contributed by atoms with Crippen LogP contribution in [-0.2, 0) is 5.41 Å². The molecule has 3 aromatic heterocycles. The lowest BCUT2D eigenvalue weighted by Gasteiger charge is -2.42. The number of para-hydroxylation sites is 2. The van der Waals surface area contributed by atoms with Gasteiger partial charge in [0.05, 0.1) is 16.9 Å². The molecule has 0 bridgehead atoms. The largest absolute Gasteiger partial charge is 0.317 e. The number of anilines is 3. The maximum absolute atomic E-state index is 5.22. The van der Waals surface area contributed by atoms with Gasteiger partial charge in [0.1, 0.15) is 0 Å². The standard InChI is InChI=1S/C56H39N5S/c1-56(2)46-22-8-10-24-49(46)61(50-28-26-39(35-47(50)56)38-17-12-19-42(32-38)60-31-30-36-14-6-9-23-48(36)60)43-20-13-18-40(33-43)54-57-53(37-15-4-3-5-16-37)58-55(59-54)41-27-29-52-45(34-41)44-21-7-11-25-51(44)62-52/h3-35H,1-2H3. The third-order valence-electron chi connectivity index (χ3n) is 12.5. The Morgan fingerprint density at radius 2 is 1.03 bits per heavy atom. The molecule has 0 radical (unpaired) electrons. The van der Waals surface area contributed by atoms with Crippen molar-refractivity contribution in [2.75, 3.05) is 4.90 Å². The lowest BCUT2D eigenvalue weighted by Crippen LogP contribution is -2.30. The lowest BCUT2D eigenvalue weighted by molar-refractivity contribution is 0.632. The maximum atomic E-state index is 5.22. The van der Waals surface area contributed by atoms with Crippen molar-refractivity contribution >= 4 is 59.5 Å². The van der Waals surface area contributed by atoms with Crippen LogP contribution in [0.2, 0.25) is 0 Å². The van der Waals surface area contributed by atoms with E-state index in [2.05, 4.69) is 205 Å². The second-order valence-electron chi connectivity index (χ2n) is 16.5. The van der Waals surface area contributed by atoms with E-state index < -0.39 is 0 Å². The summed E-state index contributed by atoms with van der Waals surface area (Å²) in [7, 11) is 0. The van der Waals surface area contributed by atoms with Gasteiger partial charge in [-0.05, 0) is 107 Å². The number of hydrogen-bond acceptors (Lipinski definition) is 5. The molecule has 5 nitrogen and oxygen atoms in total. The molecular formula is C56H39N5S. The van der Waals surface area contributed by atoms with Crippen molar-refractivity contribution in [3.63, 3.8) is 0 Å². The molecule has 1 aliphatic rings. The first kappa shape index (κ1) is 36.2. The number of thiophene rings is 1. The SMILES string of the molecule is CC1(C)c2ccccc2N(c2cccc(-c3nc(-c4ccccc4)nc(-c4ccc5sc6ccccc6c5c4)n3)c2)c2ccc(-c3cccc(-n4ccc5ccccc54)c3)cc21. The molecule has 4 heterocycles. The summed E-state index contributed by atoms with van der Waals surface area (Å²) in [5, 5.41) is 3.69. The van der Waals surface area contributed by atoms with Crippen LogP contribution in [0.3, 0.4) is 0 Å². The van der Waals surface area contributed by atoms with E-state index in [1.807, 2.05) is 29.5 Å². The van der Waals surface area contributed by atoms with Gasteiger partial charge in [-0.3, -0.25) is 0 Å². The molecule has 12 rings (SSSR count). The molecule has 11 aromatic rings. The molecule has 0 saturated carbocycles. The predicted octanol–water partition coefficient (Wildman–Crippen LogP) is 15.0. The van der Waals surface area contributed by atoms with Gasteiger partial charge in [0.15, 0.2) is 17.5 Å². The van der Waals surface area contributed by atoms with Crippen molar-refractivity contribution in [2.45, 2.75) is 19.3 Å². The van der Waals surface area contributed by atoms with Crippen molar-refractivity contribution in [3.05, 3.63) is 211 Å². The summed E-state index contributed by atoms with van der Waals surface area (Å²) in [6.45, 7) is 4.69. The molecule has 0 atom stereocenters. The summed E-state index contributed by atoms with van der Waals surface area (Å²) in [6, 6.07) is 69.3. The number of rotatable bonds is 6. The Morgan fingerprint density at radius 3 is 1.90 bits per heavy atom. The molecule has 8 aromatic carbocycles. The Hall–Kier alpha value is -7.67. The number of aromatic nitrogens is 4. The minimum atomic E-state index is -0.257.